The first-order valence-electron chi connectivity index (χ1n) is 5.90. The number of aromatic nitrogens is 2. The molecule has 0 aliphatic heterocycles. The minimum Gasteiger partial charge on any atom is -0.382 e. The Morgan fingerprint density at radius 1 is 1.38 bits per heavy atom. The van der Waals surface area contributed by atoms with Gasteiger partial charge in [0, 0.05) is 6.54 Å². The van der Waals surface area contributed by atoms with Crippen molar-refractivity contribution in [2.24, 2.45) is 11.8 Å². The first kappa shape index (κ1) is 11.1. The van der Waals surface area contributed by atoms with Crippen LogP contribution in [-0.2, 0) is 0 Å². The van der Waals surface area contributed by atoms with Gasteiger partial charge < -0.3 is 5.32 Å². The summed E-state index contributed by atoms with van der Waals surface area (Å²) in [5.41, 5.74) is 2.54. The van der Waals surface area contributed by atoms with Crippen LogP contribution < -0.4 is 5.32 Å². The number of nitrogens with one attached hydrogen (secondary N) is 1. The van der Waals surface area contributed by atoms with Gasteiger partial charge in [-0.25, -0.2) is 9.97 Å². The van der Waals surface area contributed by atoms with E-state index in [1.807, 2.05) is 12.4 Å². The maximum Gasteiger partial charge on any atom is 0.115 e. The molecule has 0 amide bonds. The van der Waals surface area contributed by atoms with Crippen LogP contribution in [0.5, 0.6) is 0 Å². The predicted octanol–water partition coefficient (Wildman–Crippen LogP) is 2.88. The lowest BCUT2D eigenvalue weighted by molar-refractivity contribution is 0.421. The lowest BCUT2D eigenvalue weighted by Gasteiger charge is -2.25. The molecule has 0 spiro atoms. The Balaban J connectivity index is 1.85. The van der Waals surface area contributed by atoms with Crippen LogP contribution in [0.4, 0.5) is 5.69 Å². The number of hydrogen-bond acceptors (Lipinski definition) is 3. The van der Waals surface area contributed by atoms with Crippen LogP contribution in [0.2, 0.25) is 0 Å². The molecule has 2 atom stereocenters. The van der Waals surface area contributed by atoms with Gasteiger partial charge in [-0.15, -0.1) is 0 Å². The SMILES string of the molecule is CC1=CC(C)CC(CNc2cncnc2)C1. The van der Waals surface area contributed by atoms with Gasteiger partial charge in [-0.05, 0) is 31.6 Å². The van der Waals surface area contributed by atoms with E-state index in [1.54, 1.807) is 6.33 Å². The molecule has 1 heterocycles. The highest BCUT2D eigenvalue weighted by atomic mass is 14.9. The molecule has 0 fully saturated rings. The molecule has 0 radical (unpaired) electrons. The molecule has 1 aliphatic carbocycles. The van der Waals surface area contributed by atoms with Crippen molar-refractivity contribution < 1.29 is 0 Å². The molecule has 16 heavy (non-hydrogen) atoms. The van der Waals surface area contributed by atoms with Crippen LogP contribution in [0.1, 0.15) is 26.7 Å². The van der Waals surface area contributed by atoms with Crippen molar-refractivity contribution in [2.45, 2.75) is 26.7 Å². The molecule has 1 aromatic heterocycles. The van der Waals surface area contributed by atoms with Gasteiger partial charge in [-0.3, -0.25) is 0 Å². The lowest BCUT2D eigenvalue weighted by Crippen LogP contribution is -2.20. The Kier molecular flexibility index (Phi) is 3.54. The van der Waals surface area contributed by atoms with Crippen LogP contribution >= 0.6 is 0 Å². The van der Waals surface area contributed by atoms with Crippen molar-refractivity contribution in [3.8, 4) is 0 Å². The monoisotopic (exact) mass is 217 g/mol. The summed E-state index contributed by atoms with van der Waals surface area (Å²) in [6, 6.07) is 0. The fraction of sp³-hybridized carbons (Fsp3) is 0.538. The van der Waals surface area contributed by atoms with E-state index in [0.29, 0.717) is 5.92 Å². The number of anilines is 1. The third kappa shape index (κ3) is 3.05. The maximum atomic E-state index is 3.99. The van der Waals surface area contributed by atoms with E-state index < -0.39 is 0 Å². The van der Waals surface area contributed by atoms with E-state index in [-0.39, 0.29) is 0 Å². The van der Waals surface area contributed by atoms with Gasteiger partial charge in [0.05, 0.1) is 18.1 Å². The van der Waals surface area contributed by atoms with Crippen LogP contribution in [0, 0.1) is 11.8 Å². The second-order valence-corrected chi connectivity index (χ2v) is 4.80. The summed E-state index contributed by atoms with van der Waals surface area (Å²) in [7, 11) is 0. The Morgan fingerprint density at radius 2 is 2.12 bits per heavy atom. The van der Waals surface area contributed by atoms with Gasteiger partial charge >= 0.3 is 0 Å². The number of allylic oxidation sites excluding steroid dienone is 2. The maximum absolute atomic E-state index is 3.99. The second kappa shape index (κ2) is 5.10. The Hall–Kier alpha value is -1.38. The van der Waals surface area contributed by atoms with Gasteiger partial charge in [0.15, 0.2) is 0 Å². The molecule has 0 aromatic carbocycles. The minimum absolute atomic E-state index is 0.715. The van der Waals surface area contributed by atoms with Crippen LogP contribution in [0.3, 0.4) is 0 Å². The summed E-state index contributed by atoms with van der Waals surface area (Å²) < 4.78 is 0. The van der Waals surface area contributed by atoms with Gasteiger partial charge in [0.2, 0.25) is 0 Å². The Morgan fingerprint density at radius 3 is 2.81 bits per heavy atom. The van der Waals surface area contributed by atoms with Gasteiger partial charge in [0.25, 0.3) is 0 Å². The zero-order chi connectivity index (χ0) is 11.4. The highest BCUT2D eigenvalue weighted by Gasteiger charge is 2.17. The standard InChI is InChI=1S/C13H19N3/c1-10-3-11(2)5-12(4-10)6-16-13-7-14-9-15-8-13/h3,7-10,12,16H,4-6H2,1-2H3. The van der Waals surface area contributed by atoms with Crippen molar-refractivity contribution in [1.82, 2.24) is 9.97 Å². The molecule has 0 bridgehead atoms. The zero-order valence-corrected chi connectivity index (χ0v) is 9.98. The number of hydrogen-bond donors (Lipinski definition) is 1. The molecule has 0 saturated carbocycles. The summed E-state index contributed by atoms with van der Waals surface area (Å²) in [6.07, 6.45) is 10.1. The van der Waals surface area contributed by atoms with E-state index in [9.17, 15) is 0 Å². The third-order valence-electron chi connectivity index (χ3n) is 3.04. The molecule has 86 valence electrons. The van der Waals surface area contributed by atoms with Gasteiger partial charge in [-0.1, -0.05) is 18.6 Å². The fourth-order valence-electron chi connectivity index (χ4n) is 2.49. The zero-order valence-electron chi connectivity index (χ0n) is 9.98. The van der Waals surface area contributed by atoms with Gasteiger partial charge in [-0.2, -0.15) is 0 Å². The molecular formula is C13H19N3. The summed E-state index contributed by atoms with van der Waals surface area (Å²) in [6.45, 7) is 5.54. The topological polar surface area (TPSA) is 37.8 Å². The van der Waals surface area contributed by atoms with Crippen molar-refractivity contribution >= 4 is 5.69 Å². The normalized spacial score (nSPS) is 25.0. The van der Waals surface area contributed by atoms with Crippen LogP contribution in [0.15, 0.2) is 30.4 Å². The molecular weight excluding hydrogens is 198 g/mol. The summed E-state index contributed by atoms with van der Waals surface area (Å²) in [4.78, 5) is 7.99. The van der Waals surface area contributed by atoms with E-state index in [4.69, 9.17) is 0 Å². The first-order valence-corrected chi connectivity index (χ1v) is 5.90. The molecule has 0 saturated heterocycles. The molecule has 1 aromatic rings. The number of nitrogens with zero attached hydrogens (tertiary/aromatic N) is 2. The smallest absolute Gasteiger partial charge is 0.115 e. The van der Waals surface area contributed by atoms with Gasteiger partial charge in [0.1, 0.15) is 6.33 Å². The largest absolute Gasteiger partial charge is 0.382 e. The van der Waals surface area contributed by atoms with Crippen molar-refractivity contribution in [3.63, 3.8) is 0 Å². The van der Waals surface area contributed by atoms with Crippen molar-refractivity contribution in [3.05, 3.63) is 30.4 Å². The highest BCUT2D eigenvalue weighted by molar-refractivity contribution is 5.37. The van der Waals surface area contributed by atoms with Crippen molar-refractivity contribution in [1.29, 1.82) is 0 Å². The fourth-order valence-corrected chi connectivity index (χ4v) is 2.49. The van der Waals surface area contributed by atoms with E-state index in [0.717, 1.165) is 18.2 Å². The molecule has 2 unspecified atom stereocenters. The molecule has 3 heteroatoms. The Labute approximate surface area is 97.0 Å². The summed E-state index contributed by atoms with van der Waals surface area (Å²) >= 11 is 0. The average molecular weight is 217 g/mol. The summed E-state index contributed by atoms with van der Waals surface area (Å²) in [5.74, 6) is 1.45. The van der Waals surface area contributed by atoms with E-state index in [2.05, 4.69) is 35.2 Å². The number of rotatable bonds is 3. The Bertz CT molecular complexity index is 359. The first-order chi connectivity index (χ1) is 7.74. The molecule has 1 aliphatic rings. The van der Waals surface area contributed by atoms with Crippen LogP contribution in [0.25, 0.3) is 0 Å². The average Bonchev–Trinajstić information content (AvgIpc) is 2.27. The lowest BCUT2D eigenvalue weighted by atomic mass is 9.84. The van der Waals surface area contributed by atoms with Crippen LogP contribution in [-0.4, -0.2) is 16.5 Å². The second-order valence-electron chi connectivity index (χ2n) is 4.80. The molecule has 3 nitrogen and oxygen atoms in total. The van der Waals surface area contributed by atoms with Crippen molar-refractivity contribution in [2.75, 3.05) is 11.9 Å². The highest BCUT2D eigenvalue weighted by Crippen LogP contribution is 2.27. The molecule has 1 N–H and O–H groups in total. The minimum atomic E-state index is 0.715. The quantitative estimate of drug-likeness (QED) is 0.791. The van der Waals surface area contributed by atoms with E-state index >= 15 is 0 Å². The summed E-state index contributed by atoms with van der Waals surface area (Å²) in [5, 5.41) is 3.40. The third-order valence-corrected chi connectivity index (χ3v) is 3.04. The van der Waals surface area contributed by atoms with E-state index in [1.165, 1.54) is 18.4 Å². The molecule has 2 rings (SSSR count). The predicted molar refractivity (Wildman–Crippen MR) is 66.2 cm³/mol.